The third-order valence-electron chi connectivity index (χ3n) is 3.10. The van der Waals surface area contributed by atoms with Crippen molar-refractivity contribution < 1.29 is 9.90 Å². The first-order valence-corrected chi connectivity index (χ1v) is 7.14. The van der Waals surface area contributed by atoms with Gasteiger partial charge in [0.2, 0.25) is 0 Å². The number of aliphatic carboxylic acids is 1. The van der Waals surface area contributed by atoms with Gasteiger partial charge in [-0.15, -0.1) is 0 Å². The Labute approximate surface area is 106 Å². The smallest absolute Gasteiger partial charge is 0.331 e. The number of allylic oxidation sites excluding steroid dienone is 1. The molecule has 0 spiro atoms. The molecule has 17 heavy (non-hydrogen) atoms. The van der Waals surface area contributed by atoms with Crippen LogP contribution < -0.4 is 0 Å². The highest BCUT2D eigenvalue weighted by molar-refractivity contribution is 5.86. The Morgan fingerprint density at radius 2 is 1.47 bits per heavy atom. The molecule has 0 aliphatic carbocycles. The summed E-state index contributed by atoms with van der Waals surface area (Å²) >= 11 is 0. The van der Waals surface area contributed by atoms with E-state index in [2.05, 4.69) is 6.92 Å². The highest BCUT2D eigenvalue weighted by Gasteiger charge is 2.02. The van der Waals surface area contributed by atoms with Crippen LogP contribution in [-0.4, -0.2) is 11.1 Å². The topological polar surface area (TPSA) is 37.3 Å². The molecule has 0 aliphatic rings. The summed E-state index contributed by atoms with van der Waals surface area (Å²) in [5, 5.41) is 8.83. The van der Waals surface area contributed by atoms with Gasteiger partial charge in [-0.2, -0.15) is 0 Å². The fourth-order valence-electron chi connectivity index (χ4n) is 1.94. The fourth-order valence-corrected chi connectivity index (χ4v) is 1.94. The maximum absolute atomic E-state index is 10.7. The van der Waals surface area contributed by atoms with Gasteiger partial charge in [0.15, 0.2) is 0 Å². The van der Waals surface area contributed by atoms with Crippen LogP contribution in [0.2, 0.25) is 0 Å². The molecule has 100 valence electrons. The number of carbonyl (C=O) groups is 1. The van der Waals surface area contributed by atoms with Crippen molar-refractivity contribution >= 4 is 5.97 Å². The van der Waals surface area contributed by atoms with Crippen LogP contribution in [0.3, 0.4) is 0 Å². The molecule has 0 rings (SSSR count). The summed E-state index contributed by atoms with van der Waals surface area (Å²) in [6, 6.07) is 0. The highest BCUT2D eigenvalue weighted by Crippen LogP contribution is 2.11. The molecule has 1 N–H and O–H groups in total. The predicted molar refractivity (Wildman–Crippen MR) is 73.2 cm³/mol. The van der Waals surface area contributed by atoms with Crippen LogP contribution in [0.5, 0.6) is 0 Å². The van der Waals surface area contributed by atoms with E-state index in [1.54, 1.807) is 0 Å². The van der Waals surface area contributed by atoms with E-state index in [9.17, 15) is 4.79 Å². The Balaban J connectivity index is 3.36. The molecule has 0 aromatic rings. The van der Waals surface area contributed by atoms with Gasteiger partial charge < -0.3 is 5.11 Å². The quantitative estimate of drug-likeness (QED) is 0.410. The van der Waals surface area contributed by atoms with Crippen LogP contribution in [0.4, 0.5) is 0 Å². The summed E-state index contributed by atoms with van der Waals surface area (Å²) in [6.07, 6.45) is 13.8. The Hall–Kier alpha value is -0.790. The number of hydrogen-bond acceptors (Lipinski definition) is 1. The molecule has 0 aromatic heterocycles. The van der Waals surface area contributed by atoms with Gasteiger partial charge in [0.1, 0.15) is 0 Å². The standard InChI is InChI=1S/C15H28O2/c1-3-5-6-7-8-9-10-11-12-13-14(4-2)15(16)17/h13H,3-12H2,1-2H3,(H,16,17). The van der Waals surface area contributed by atoms with E-state index in [0.29, 0.717) is 12.0 Å². The molecule has 0 bridgehead atoms. The van der Waals surface area contributed by atoms with Crippen LogP contribution in [0.25, 0.3) is 0 Å². The van der Waals surface area contributed by atoms with Crippen molar-refractivity contribution in [3.63, 3.8) is 0 Å². The lowest BCUT2D eigenvalue weighted by atomic mass is 10.1. The fraction of sp³-hybridized carbons (Fsp3) is 0.800. The molecule has 0 unspecified atom stereocenters. The Morgan fingerprint density at radius 3 is 1.94 bits per heavy atom. The summed E-state index contributed by atoms with van der Waals surface area (Å²) in [5.74, 6) is -0.757. The molecule has 0 atom stereocenters. The third-order valence-corrected chi connectivity index (χ3v) is 3.10. The average Bonchev–Trinajstić information content (AvgIpc) is 2.31. The molecular weight excluding hydrogens is 212 g/mol. The summed E-state index contributed by atoms with van der Waals surface area (Å²) in [6.45, 7) is 4.13. The number of carboxylic acids is 1. The maximum atomic E-state index is 10.7. The lowest BCUT2D eigenvalue weighted by Crippen LogP contribution is -1.98. The second-order valence-electron chi connectivity index (χ2n) is 4.65. The van der Waals surface area contributed by atoms with Crippen LogP contribution in [-0.2, 0) is 4.79 Å². The Bertz CT molecular complexity index is 219. The van der Waals surface area contributed by atoms with Crippen molar-refractivity contribution in [2.24, 2.45) is 0 Å². The van der Waals surface area contributed by atoms with Crippen molar-refractivity contribution in [2.75, 3.05) is 0 Å². The molecular formula is C15H28O2. The predicted octanol–water partition coefficient (Wildman–Crippen LogP) is 4.94. The minimum atomic E-state index is -0.757. The normalized spacial score (nSPS) is 11.8. The van der Waals surface area contributed by atoms with E-state index in [0.717, 1.165) is 12.8 Å². The first-order chi connectivity index (χ1) is 8.22. The molecule has 0 fully saturated rings. The second kappa shape index (κ2) is 11.7. The van der Waals surface area contributed by atoms with Crippen molar-refractivity contribution in [1.82, 2.24) is 0 Å². The lowest BCUT2D eigenvalue weighted by molar-refractivity contribution is -0.132. The zero-order valence-electron chi connectivity index (χ0n) is 11.5. The number of hydrogen-bond donors (Lipinski definition) is 1. The zero-order chi connectivity index (χ0) is 12.9. The maximum Gasteiger partial charge on any atom is 0.331 e. The molecule has 0 radical (unpaired) electrons. The van der Waals surface area contributed by atoms with Gasteiger partial charge in [0.25, 0.3) is 0 Å². The van der Waals surface area contributed by atoms with Crippen molar-refractivity contribution in [2.45, 2.75) is 78.1 Å². The SMILES string of the molecule is CCCCCCCCCCC=C(CC)C(=O)O. The molecule has 0 saturated carbocycles. The molecule has 0 saturated heterocycles. The van der Waals surface area contributed by atoms with Crippen LogP contribution in [0.1, 0.15) is 78.1 Å². The molecule has 0 aromatic carbocycles. The van der Waals surface area contributed by atoms with Gasteiger partial charge in [0, 0.05) is 5.57 Å². The van der Waals surface area contributed by atoms with E-state index >= 15 is 0 Å². The van der Waals surface area contributed by atoms with E-state index in [1.165, 1.54) is 44.9 Å². The van der Waals surface area contributed by atoms with Gasteiger partial charge in [0.05, 0.1) is 0 Å². The van der Waals surface area contributed by atoms with E-state index in [1.807, 2.05) is 13.0 Å². The second-order valence-corrected chi connectivity index (χ2v) is 4.65. The van der Waals surface area contributed by atoms with Gasteiger partial charge in [-0.25, -0.2) is 4.79 Å². The largest absolute Gasteiger partial charge is 0.478 e. The number of carboxylic acid groups (broad SMARTS) is 1. The minimum Gasteiger partial charge on any atom is -0.478 e. The lowest BCUT2D eigenvalue weighted by Gasteiger charge is -2.01. The van der Waals surface area contributed by atoms with Crippen LogP contribution in [0, 0.1) is 0 Å². The van der Waals surface area contributed by atoms with Gasteiger partial charge in [-0.05, 0) is 19.3 Å². The molecule has 0 amide bonds. The third kappa shape index (κ3) is 10.1. The van der Waals surface area contributed by atoms with Crippen molar-refractivity contribution in [3.8, 4) is 0 Å². The number of rotatable bonds is 11. The highest BCUT2D eigenvalue weighted by atomic mass is 16.4. The van der Waals surface area contributed by atoms with Crippen molar-refractivity contribution in [1.29, 1.82) is 0 Å². The Kier molecular flexibility index (Phi) is 11.1. The zero-order valence-corrected chi connectivity index (χ0v) is 11.5. The van der Waals surface area contributed by atoms with E-state index in [-0.39, 0.29) is 0 Å². The van der Waals surface area contributed by atoms with Gasteiger partial charge in [-0.3, -0.25) is 0 Å². The first-order valence-electron chi connectivity index (χ1n) is 7.14. The van der Waals surface area contributed by atoms with E-state index < -0.39 is 5.97 Å². The van der Waals surface area contributed by atoms with E-state index in [4.69, 9.17) is 5.11 Å². The monoisotopic (exact) mass is 240 g/mol. The summed E-state index contributed by atoms with van der Waals surface area (Å²) in [4.78, 5) is 10.7. The molecule has 2 heteroatoms. The van der Waals surface area contributed by atoms with Crippen molar-refractivity contribution in [3.05, 3.63) is 11.6 Å². The molecule has 0 aliphatic heterocycles. The summed E-state index contributed by atoms with van der Waals surface area (Å²) < 4.78 is 0. The molecule has 0 heterocycles. The van der Waals surface area contributed by atoms with Gasteiger partial charge >= 0.3 is 5.97 Å². The van der Waals surface area contributed by atoms with Gasteiger partial charge in [-0.1, -0.05) is 64.9 Å². The molecule has 2 nitrogen and oxygen atoms in total. The minimum absolute atomic E-state index is 0.563. The average molecular weight is 240 g/mol. The summed E-state index contributed by atoms with van der Waals surface area (Å²) in [5.41, 5.74) is 0.563. The first kappa shape index (κ1) is 16.2. The number of unbranched alkanes of at least 4 members (excludes halogenated alkanes) is 8. The Morgan fingerprint density at radius 1 is 0.941 bits per heavy atom. The van der Waals surface area contributed by atoms with Crippen LogP contribution in [0.15, 0.2) is 11.6 Å². The van der Waals surface area contributed by atoms with Crippen LogP contribution >= 0.6 is 0 Å². The summed E-state index contributed by atoms with van der Waals surface area (Å²) in [7, 11) is 0.